The van der Waals surface area contributed by atoms with Crippen molar-refractivity contribution in [3.05, 3.63) is 36.0 Å². The van der Waals surface area contributed by atoms with Gasteiger partial charge in [-0.15, -0.1) is 0 Å². The minimum absolute atomic E-state index is 0.722. The fourth-order valence-corrected chi connectivity index (χ4v) is 1.71. The van der Waals surface area contributed by atoms with E-state index in [1.165, 1.54) is 16.9 Å². The van der Waals surface area contributed by atoms with Gasteiger partial charge in [0.05, 0.1) is 6.20 Å². The first kappa shape index (κ1) is 9.02. The zero-order valence-electron chi connectivity index (χ0n) is 7.82. The van der Waals surface area contributed by atoms with Gasteiger partial charge in [0, 0.05) is 5.69 Å². The van der Waals surface area contributed by atoms with Gasteiger partial charge in [-0.05, 0) is 19.1 Å². The maximum Gasteiger partial charge on any atom is 0.189 e. The molecule has 0 unspecified atom stereocenters. The molecular weight excluding hydrogens is 194 g/mol. The molecule has 2 rings (SSSR count). The van der Waals surface area contributed by atoms with E-state index in [2.05, 4.69) is 29.4 Å². The molecule has 0 aliphatic rings. The van der Waals surface area contributed by atoms with Gasteiger partial charge < -0.3 is 11.1 Å². The Labute approximate surface area is 86.6 Å². The van der Waals surface area contributed by atoms with Crippen LogP contribution in [0.4, 0.5) is 15.8 Å². The van der Waals surface area contributed by atoms with E-state index in [-0.39, 0.29) is 0 Å². The van der Waals surface area contributed by atoms with Crippen molar-refractivity contribution < 1.29 is 0 Å². The van der Waals surface area contributed by atoms with Gasteiger partial charge in [0.2, 0.25) is 0 Å². The van der Waals surface area contributed by atoms with Gasteiger partial charge in [-0.3, -0.25) is 0 Å². The molecule has 0 aliphatic carbocycles. The highest BCUT2D eigenvalue weighted by Crippen LogP contribution is 2.23. The van der Waals surface area contributed by atoms with Crippen molar-refractivity contribution in [1.82, 2.24) is 4.98 Å². The average Bonchev–Trinajstić information content (AvgIpc) is 2.56. The molecule has 3 nitrogen and oxygen atoms in total. The van der Waals surface area contributed by atoms with Crippen LogP contribution in [0.15, 0.2) is 30.5 Å². The summed E-state index contributed by atoms with van der Waals surface area (Å²) in [6.07, 6.45) is 1.65. The van der Waals surface area contributed by atoms with Gasteiger partial charge >= 0.3 is 0 Å². The summed E-state index contributed by atoms with van der Waals surface area (Å²) in [5.41, 5.74) is 7.85. The standard InChI is InChI=1S/C10H11N3S/c1-7-2-4-8(5-3-7)13-10-12-6-9(11)14-10/h2-6H,11H2,1H3,(H,12,13). The number of rotatable bonds is 2. The summed E-state index contributed by atoms with van der Waals surface area (Å²) in [7, 11) is 0. The fraction of sp³-hybridized carbons (Fsp3) is 0.100. The van der Waals surface area contributed by atoms with Crippen LogP contribution in [0.2, 0.25) is 0 Å². The largest absolute Gasteiger partial charge is 0.389 e. The molecule has 0 aliphatic heterocycles. The van der Waals surface area contributed by atoms with Crippen LogP contribution >= 0.6 is 11.3 Å². The summed E-state index contributed by atoms with van der Waals surface area (Å²) >= 11 is 1.44. The topological polar surface area (TPSA) is 50.9 Å². The number of aromatic nitrogens is 1. The maximum absolute atomic E-state index is 5.57. The monoisotopic (exact) mass is 205 g/mol. The number of hydrogen-bond donors (Lipinski definition) is 2. The smallest absolute Gasteiger partial charge is 0.189 e. The number of nitrogens with one attached hydrogen (secondary N) is 1. The Kier molecular flexibility index (Phi) is 2.37. The summed E-state index contributed by atoms with van der Waals surface area (Å²) in [5, 5.41) is 4.73. The lowest BCUT2D eigenvalue weighted by Crippen LogP contribution is -1.88. The Balaban J connectivity index is 2.15. The average molecular weight is 205 g/mol. The first-order valence-electron chi connectivity index (χ1n) is 4.29. The SMILES string of the molecule is Cc1ccc(Nc2ncc(N)s2)cc1. The maximum atomic E-state index is 5.57. The number of benzene rings is 1. The molecule has 0 saturated heterocycles. The first-order valence-corrected chi connectivity index (χ1v) is 5.11. The van der Waals surface area contributed by atoms with Gasteiger partial charge in [-0.2, -0.15) is 0 Å². The number of nitrogens with zero attached hydrogens (tertiary/aromatic N) is 1. The van der Waals surface area contributed by atoms with E-state index in [0.717, 1.165) is 15.8 Å². The van der Waals surface area contributed by atoms with Crippen molar-refractivity contribution in [2.24, 2.45) is 0 Å². The number of hydrogen-bond acceptors (Lipinski definition) is 4. The Morgan fingerprint density at radius 1 is 1.29 bits per heavy atom. The predicted octanol–water partition coefficient (Wildman–Crippen LogP) is 2.78. The minimum Gasteiger partial charge on any atom is -0.389 e. The van der Waals surface area contributed by atoms with Crippen LogP contribution in [0, 0.1) is 6.92 Å². The quantitative estimate of drug-likeness (QED) is 0.792. The van der Waals surface area contributed by atoms with Crippen molar-refractivity contribution in [3.63, 3.8) is 0 Å². The molecule has 72 valence electrons. The van der Waals surface area contributed by atoms with Crippen LogP contribution in [-0.2, 0) is 0 Å². The Morgan fingerprint density at radius 2 is 2.00 bits per heavy atom. The van der Waals surface area contributed by atoms with Gasteiger partial charge in [-0.25, -0.2) is 4.98 Å². The zero-order valence-corrected chi connectivity index (χ0v) is 8.64. The lowest BCUT2D eigenvalue weighted by Gasteiger charge is -2.01. The second-order valence-electron chi connectivity index (χ2n) is 3.06. The Bertz CT molecular complexity index is 419. The van der Waals surface area contributed by atoms with E-state index in [4.69, 9.17) is 5.73 Å². The van der Waals surface area contributed by atoms with Crippen LogP contribution in [0.1, 0.15) is 5.56 Å². The van der Waals surface area contributed by atoms with E-state index in [0.29, 0.717) is 0 Å². The summed E-state index contributed by atoms with van der Waals surface area (Å²) in [6, 6.07) is 8.15. The van der Waals surface area contributed by atoms with Crippen molar-refractivity contribution in [1.29, 1.82) is 0 Å². The lowest BCUT2D eigenvalue weighted by molar-refractivity contribution is 1.38. The van der Waals surface area contributed by atoms with Gasteiger partial charge in [-0.1, -0.05) is 29.0 Å². The molecule has 1 heterocycles. The molecule has 3 N–H and O–H groups in total. The van der Waals surface area contributed by atoms with E-state index in [1.54, 1.807) is 6.20 Å². The highest BCUT2D eigenvalue weighted by Gasteiger charge is 1.98. The third kappa shape index (κ3) is 2.03. The van der Waals surface area contributed by atoms with Crippen LogP contribution in [0.3, 0.4) is 0 Å². The summed E-state index contributed by atoms with van der Waals surface area (Å²) in [6.45, 7) is 2.06. The molecule has 14 heavy (non-hydrogen) atoms. The molecule has 2 aromatic rings. The van der Waals surface area contributed by atoms with Crippen LogP contribution in [0.25, 0.3) is 0 Å². The van der Waals surface area contributed by atoms with E-state index < -0.39 is 0 Å². The predicted molar refractivity (Wildman–Crippen MR) is 61.0 cm³/mol. The molecule has 0 fully saturated rings. The highest BCUT2D eigenvalue weighted by molar-refractivity contribution is 7.19. The van der Waals surface area contributed by atoms with Crippen LogP contribution in [-0.4, -0.2) is 4.98 Å². The van der Waals surface area contributed by atoms with E-state index in [9.17, 15) is 0 Å². The van der Waals surface area contributed by atoms with Crippen LogP contribution in [0.5, 0.6) is 0 Å². The lowest BCUT2D eigenvalue weighted by atomic mass is 10.2. The summed E-state index contributed by atoms with van der Waals surface area (Å²) in [5.74, 6) is 0. The third-order valence-corrected chi connectivity index (χ3v) is 2.57. The molecule has 0 amide bonds. The molecule has 0 bridgehead atoms. The molecular formula is C10H11N3S. The summed E-state index contributed by atoms with van der Waals surface area (Å²) < 4.78 is 0. The Morgan fingerprint density at radius 3 is 2.57 bits per heavy atom. The first-order chi connectivity index (χ1) is 6.74. The zero-order chi connectivity index (χ0) is 9.97. The van der Waals surface area contributed by atoms with E-state index in [1.807, 2.05) is 12.1 Å². The number of nitrogens with two attached hydrogens (primary N) is 1. The number of anilines is 3. The van der Waals surface area contributed by atoms with Crippen molar-refractivity contribution >= 4 is 27.2 Å². The van der Waals surface area contributed by atoms with Gasteiger partial charge in [0.1, 0.15) is 5.00 Å². The fourth-order valence-electron chi connectivity index (χ4n) is 1.10. The second kappa shape index (κ2) is 3.67. The second-order valence-corrected chi connectivity index (χ2v) is 4.12. The molecule has 1 aromatic carbocycles. The van der Waals surface area contributed by atoms with Crippen LogP contribution < -0.4 is 11.1 Å². The Hall–Kier alpha value is -1.55. The number of thiazole rings is 1. The van der Waals surface area contributed by atoms with Crippen molar-refractivity contribution in [3.8, 4) is 0 Å². The molecule has 0 radical (unpaired) electrons. The molecule has 0 spiro atoms. The van der Waals surface area contributed by atoms with E-state index >= 15 is 0 Å². The summed E-state index contributed by atoms with van der Waals surface area (Å²) in [4.78, 5) is 4.12. The number of aryl methyl sites for hydroxylation is 1. The van der Waals surface area contributed by atoms with Crippen molar-refractivity contribution in [2.45, 2.75) is 6.92 Å². The molecule has 0 atom stereocenters. The molecule has 1 aromatic heterocycles. The third-order valence-electron chi connectivity index (χ3n) is 1.83. The minimum atomic E-state index is 0.722. The van der Waals surface area contributed by atoms with Crippen molar-refractivity contribution in [2.75, 3.05) is 11.1 Å². The van der Waals surface area contributed by atoms with Gasteiger partial charge in [0.15, 0.2) is 5.13 Å². The normalized spacial score (nSPS) is 10.1. The molecule has 0 saturated carbocycles. The molecule has 4 heteroatoms. The van der Waals surface area contributed by atoms with Gasteiger partial charge in [0.25, 0.3) is 0 Å². The number of nitrogen functional groups attached to an aromatic ring is 1. The highest BCUT2D eigenvalue weighted by atomic mass is 32.1.